The number of benzene rings is 1. The van der Waals surface area contributed by atoms with E-state index in [2.05, 4.69) is 0 Å². The van der Waals surface area contributed by atoms with Gasteiger partial charge in [0.15, 0.2) is 0 Å². The van der Waals surface area contributed by atoms with E-state index in [0.717, 1.165) is 31.2 Å². The van der Waals surface area contributed by atoms with Crippen molar-refractivity contribution in [3.8, 4) is 0 Å². The number of hydrogen-bond donors (Lipinski definition) is 1. The van der Waals surface area contributed by atoms with Gasteiger partial charge in [-0.05, 0) is 30.5 Å². The first-order valence-electron chi connectivity index (χ1n) is 6.27. The van der Waals surface area contributed by atoms with Crippen LogP contribution in [0.15, 0.2) is 18.2 Å². The molecule has 1 aliphatic rings. The fourth-order valence-electron chi connectivity index (χ4n) is 2.73. The van der Waals surface area contributed by atoms with Crippen LogP contribution in [0.2, 0.25) is 10.0 Å². The standard InChI is InChI=1S/C14H18Cl2O2/c1-18-14(7-3-2-4-8-14)13(17)10-5-6-11(15)12(16)9-10/h5-6,9,13,17H,2-4,7-8H2,1H3. The van der Waals surface area contributed by atoms with E-state index in [4.69, 9.17) is 27.9 Å². The van der Waals surface area contributed by atoms with E-state index in [1.807, 2.05) is 6.07 Å². The summed E-state index contributed by atoms with van der Waals surface area (Å²) in [5.74, 6) is 0. The fraction of sp³-hybridized carbons (Fsp3) is 0.571. The summed E-state index contributed by atoms with van der Waals surface area (Å²) in [6.45, 7) is 0. The lowest BCUT2D eigenvalue weighted by Crippen LogP contribution is -2.40. The van der Waals surface area contributed by atoms with Crippen LogP contribution in [0.1, 0.15) is 43.8 Å². The van der Waals surface area contributed by atoms with Crippen LogP contribution in [0.3, 0.4) is 0 Å². The van der Waals surface area contributed by atoms with Gasteiger partial charge >= 0.3 is 0 Å². The third-order valence-corrected chi connectivity index (χ3v) is 4.60. The monoisotopic (exact) mass is 288 g/mol. The van der Waals surface area contributed by atoms with Crippen molar-refractivity contribution in [1.82, 2.24) is 0 Å². The fourth-order valence-corrected chi connectivity index (χ4v) is 3.03. The first kappa shape index (κ1) is 14.1. The summed E-state index contributed by atoms with van der Waals surface area (Å²) in [5.41, 5.74) is 0.295. The van der Waals surface area contributed by atoms with Crippen LogP contribution in [0.25, 0.3) is 0 Å². The van der Waals surface area contributed by atoms with E-state index in [1.165, 1.54) is 6.42 Å². The molecule has 0 saturated heterocycles. The van der Waals surface area contributed by atoms with Crippen LogP contribution in [-0.2, 0) is 4.74 Å². The molecule has 100 valence electrons. The minimum Gasteiger partial charge on any atom is -0.385 e. The summed E-state index contributed by atoms with van der Waals surface area (Å²) >= 11 is 11.9. The molecule has 1 N–H and O–H groups in total. The number of rotatable bonds is 3. The zero-order valence-corrected chi connectivity index (χ0v) is 12.0. The van der Waals surface area contributed by atoms with Crippen molar-refractivity contribution >= 4 is 23.2 Å². The Balaban J connectivity index is 2.27. The Hall–Kier alpha value is -0.280. The van der Waals surface area contributed by atoms with Crippen LogP contribution in [0.4, 0.5) is 0 Å². The minimum absolute atomic E-state index is 0.468. The van der Waals surface area contributed by atoms with Gasteiger partial charge in [0.25, 0.3) is 0 Å². The van der Waals surface area contributed by atoms with E-state index >= 15 is 0 Å². The van der Waals surface area contributed by atoms with Crippen molar-refractivity contribution < 1.29 is 9.84 Å². The topological polar surface area (TPSA) is 29.5 Å². The molecule has 1 aliphatic carbocycles. The summed E-state index contributed by atoms with van der Waals surface area (Å²) in [6, 6.07) is 5.26. The Morgan fingerprint density at radius 1 is 1.17 bits per heavy atom. The highest BCUT2D eigenvalue weighted by Crippen LogP contribution is 2.41. The molecule has 0 bridgehead atoms. The second kappa shape index (κ2) is 5.79. The highest BCUT2D eigenvalue weighted by atomic mass is 35.5. The molecule has 0 heterocycles. The maximum Gasteiger partial charge on any atom is 0.108 e. The van der Waals surface area contributed by atoms with Crippen LogP contribution < -0.4 is 0 Å². The molecule has 0 aromatic heterocycles. The zero-order valence-electron chi connectivity index (χ0n) is 10.5. The lowest BCUT2D eigenvalue weighted by molar-refractivity contribution is -0.125. The van der Waals surface area contributed by atoms with Crippen molar-refractivity contribution in [2.75, 3.05) is 7.11 Å². The predicted octanol–water partition coefficient (Wildman–Crippen LogP) is 4.38. The molecule has 1 aromatic carbocycles. The third kappa shape index (κ3) is 2.67. The molecule has 1 aromatic rings. The van der Waals surface area contributed by atoms with Crippen molar-refractivity contribution in [3.63, 3.8) is 0 Å². The number of methoxy groups -OCH3 is 1. The first-order chi connectivity index (χ1) is 8.59. The molecule has 18 heavy (non-hydrogen) atoms. The van der Waals surface area contributed by atoms with Crippen LogP contribution in [0.5, 0.6) is 0 Å². The van der Waals surface area contributed by atoms with Crippen LogP contribution in [0, 0.1) is 0 Å². The third-order valence-electron chi connectivity index (χ3n) is 3.86. The average molecular weight is 289 g/mol. The molecular formula is C14H18Cl2O2. The van der Waals surface area contributed by atoms with Crippen molar-refractivity contribution in [1.29, 1.82) is 0 Å². The van der Waals surface area contributed by atoms with Gasteiger partial charge in [0.1, 0.15) is 6.10 Å². The number of halogens is 2. The summed E-state index contributed by atoms with van der Waals surface area (Å²) in [6.07, 6.45) is 4.49. The average Bonchev–Trinajstić information content (AvgIpc) is 2.42. The molecule has 0 spiro atoms. The first-order valence-corrected chi connectivity index (χ1v) is 7.03. The van der Waals surface area contributed by atoms with E-state index in [-0.39, 0.29) is 0 Å². The quantitative estimate of drug-likeness (QED) is 0.895. The van der Waals surface area contributed by atoms with Gasteiger partial charge < -0.3 is 9.84 Å². The molecule has 0 radical (unpaired) electrons. The molecule has 0 aliphatic heterocycles. The predicted molar refractivity (Wildman–Crippen MR) is 74.2 cm³/mol. The summed E-state index contributed by atoms with van der Waals surface area (Å²) < 4.78 is 5.64. The maximum atomic E-state index is 10.6. The summed E-state index contributed by atoms with van der Waals surface area (Å²) in [5, 5.41) is 11.6. The van der Waals surface area contributed by atoms with Gasteiger partial charge in [0, 0.05) is 7.11 Å². The van der Waals surface area contributed by atoms with E-state index < -0.39 is 11.7 Å². The maximum absolute atomic E-state index is 10.6. The summed E-state index contributed by atoms with van der Waals surface area (Å²) in [4.78, 5) is 0. The lowest BCUT2D eigenvalue weighted by atomic mass is 9.78. The number of ether oxygens (including phenoxy) is 1. The second-order valence-electron chi connectivity index (χ2n) is 4.91. The Morgan fingerprint density at radius 2 is 1.83 bits per heavy atom. The largest absolute Gasteiger partial charge is 0.385 e. The van der Waals surface area contributed by atoms with Gasteiger partial charge in [-0.25, -0.2) is 0 Å². The second-order valence-corrected chi connectivity index (χ2v) is 5.72. The van der Waals surface area contributed by atoms with E-state index in [1.54, 1.807) is 19.2 Å². The van der Waals surface area contributed by atoms with E-state index in [0.29, 0.717) is 10.0 Å². The Morgan fingerprint density at radius 3 is 2.39 bits per heavy atom. The minimum atomic E-state index is -0.655. The molecule has 1 fully saturated rings. The molecule has 1 atom stereocenters. The van der Waals surface area contributed by atoms with Gasteiger partial charge in [-0.1, -0.05) is 48.5 Å². The number of aliphatic hydroxyl groups is 1. The molecule has 2 nitrogen and oxygen atoms in total. The van der Waals surface area contributed by atoms with Crippen molar-refractivity contribution in [2.45, 2.75) is 43.8 Å². The van der Waals surface area contributed by atoms with Gasteiger partial charge in [-0.15, -0.1) is 0 Å². The van der Waals surface area contributed by atoms with Gasteiger partial charge in [0.2, 0.25) is 0 Å². The molecule has 1 unspecified atom stereocenters. The SMILES string of the molecule is COC1(C(O)c2ccc(Cl)c(Cl)c2)CCCCC1. The molecule has 0 amide bonds. The van der Waals surface area contributed by atoms with Gasteiger partial charge in [-0.2, -0.15) is 0 Å². The van der Waals surface area contributed by atoms with Crippen molar-refractivity contribution in [2.24, 2.45) is 0 Å². The molecule has 4 heteroatoms. The van der Waals surface area contributed by atoms with Gasteiger partial charge in [0.05, 0.1) is 15.6 Å². The van der Waals surface area contributed by atoms with E-state index in [9.17, 15) is 5.11 Å². The molecular weight excluding hydrogens is 271 g/mol. The Kier molecular flexibility index (Phi) is 4.54. The highest BCUT2D eigenvalue weighted by Gasteiger charge is 2.40. The van der Waals surface area contributed by atoms with Crippen molar-refractivity contribution in [3.05, 3.63) is 33.8 Å². The molecule has 2 rings (SSSR count). The summed E-state index contributed by atoms with van der Waals surface area (Å²) in [7, 11) is 1.67. The van der Waals surface area contributed by atoms with Crippen LogP contribution >= 0.6 is 23.2 Å². The normalized spacial score (nSPS) is 20.7. The molecule has 1 saturated carbocycles. The van der Waals surface area contributed by atoms with Gasteiger partial charge in [-0.3, -0.25) is 0 Å². The Bertz CT molecular complexity index is 414. The van der Waals surface area contributed by atoms with Crippen LogP contribution in [-0.4, -0.2) is 17.8 Å². The lowest BCUT2D eigenvalue weighted by Gasteiger charge is -2.40. The zero-order chi connectivity index (χ0) is 13.2. The number of aliphatic hydroxyl groups excluding tert-OH is 1. The highest BCUT2D eigenvalue weighted by molar-refractivity contribution is 6.42. The number of hydrogen-bond acceptors (Lipinski definition) is 2. The Labute approximate surface area is 118 Å². The smallest absolute Gasteiger partial charge is 0.108 e.